The molecule has 17 nitrogen and oxygen atoms in total. The summed E-state index contributed by atoms with van der Waals surface area (Å²) in [6.07, 6.45) is 87.3. The number of allylic oxidation sites excluding steroid dienone is 20. The molecule has 0 saturated heterocycles. The minimum Gasteiger partial charge on any atom is -0.462 e. The topological polar surface area (TPSA) is 237 Å². The molecule has 0 fully saturated rings. The van der Waals surface area contributed by atoms with E-state index in [2.05, 4.69) is 149 Å². The van der Waals surface area contributed by atoms with E-state index in [1.807, 2.05) is 0 Å². The maximum absolute atomic E-state index is 13.1. The molecular formula is C87H150O17P2. The number of carbonyl (C=O) groups is 4. The van der Waals surface area contributed by atoms with Crippen molar-refractivity contribution >= 4 is 39.5 Å². The molecule has 5 atom stereocenters. The highest BCUT2D eigenvalue weighted by Crippen LogP contribution is 2.45. The van der Waals surface area contributed by atoms with Crippen LogP contribution in [0, 0.1) is 0 Å². The van der Waals surface area contributed by atoms with Gasteiger partial charge in [-0.1, -0.05) is 284 Å². The Bertz CT molecular complexity index is 2480. The molecule has 610 valence electrons. The molecule has 106 heavy (non-hydrogen) atoms. The number of phosphoric ester groups is 2. The number of aliphatic hydroxyl groups is 1. The van der Waals surface area contributed by atoms with Gasteiger partial charge in [-0.25, -0.2) is 9.13 Å². The predicted molar refractivity (Wildman–Crippen MR) is 436 cm³/mol. The minimum absolute atomic E-state index is 0.0745. The summed E-state index contributed by atoms with van der Waals surface area (Å²) in [6, 6.07) is 0. The third-order valence-electron chi connectivity index (χ3n) is 17.4. The molecule has 0 aromatic carbocycles. The molecule has 19 heteroatoms. The molecule has 0 aromatic heterocycles. The molecule has 0 saturated carbocycles. The van der Waals surface area contributed by atoms with Gasteiger partial charge in [0.05, 0.1) is 26.4 Å². The van der Waals surface area contributed by atoms with Gasteiger partial charge in [0, 0.05) is 25.7 Å². The third-order valence-corrected chi connectivity index (χ3v) is 19.3. The number of esters is 4. The van der Waals surface area contributed by atoms with Crippen molar-refractivity contribution < 1.29 is 80.2 Å². The number of hydrogen-bond donors (Lipinski definition) is 3. The van der Waals surface area contributed by atoms with Gasteiger partial charge in [-0.15, -0.1) is 0 Å². The quantitative estimate of drug-likeness (QED) is 0.0169. The summed E-state index contributed by atoms with van der Waals surface area (Å²) >= 11 is 0. The van der Waals surface area contributed by atoms with Crippen molar-refractivity contribution in [3.63, 3.8) is 0 Å². The number of unbranched alkanes of at least 4 members (excludes halogenated alkanes) is 32. The fraction of sp³-hybridized carbons (Fsp3) is 0.724. The number of rotatable bonds is 78. The molecule has 0 heterocycles. The summed E-state index contributed by atoms with van der Waals surface area (Å²) in [7, 11) is -9.98. The van der Waals surface area contributed by atoms with Crippen molar-refractivity contribution in [2.24, 2.45) is 0 Å². The summed E-state index contributed by atoms with van der Waals surface area (Å²) in [4.78, 5) is 73.1. The van der Waals surface area contributed by atoms with Crippen molar-refractivity contribution in [1.82, 2.24) is 0 Å². The highest BCUT2D eigenvalue weighted by molar-refractivity contribution is 7.47. The second-order valence-corrected chi connectivity index (χ2v) is 30.6. The van der Waals surface area contributed by atoms with Crippen molar-refractivity contribution in [2.45, 2.75) is 367 Å². The first kappa shape index (κ1) is 101. The highest BCUT2D eigenvalue weighted by Gasteiger charge is 2.30. The Morgan fingerprint density at radius 3 is 0.783 bits per heavy atom. The van der Waals surface area contributed by atoms with Gasteiger partial charge in [-0.2, -0.15) is 0 Å². The first-order chi connectivity index (χ1) is 51.7. The summed E-state index contributed by atoms with van der Waals surface area (Å²) in [5.74, 6) is -2.22. The lowest BCUT2D eigenvalue weighted by Gasteiger charge is -2.21. The maximum Gasteiger partial charge on any atom is 0.472 e. The Balaban J connectivity index is 5.37. The van der Waals surface area contributed by atoms with Crippen LogP contribution in [-0.2, 0) is 65.4 Å². The van der Waals surface area contributed by atoms with Crippen molar-refractivity contribution in [1.29, 1.82) is 0 Å². The summed E-state index contributed by atoms with van der Waals surface area (Å²) in [6.45, 7) is 4.68. The van der Waals surface area contributed by atoms with Gasteiger partial charge in [0.2, 0.25) is 0 Å². The van der Waals surface area contributed by atoms with E-state index in [9.17, 15) is 43.2 Å². The lowest BCUT2D eigenvalue weighted by atomic mass is 10.1. The first-order valence-electron chi connectivity index (χ1n) is 41.8. The number of ether oxygens (including phenoxy) is 4. The van der Waals surface area contributed by atoms with E-state index < -0.39 is 97.5 Å². The van der Waals surface area contributed by atoms with Gasteiger partial charge in [-0.3, -0.25) is 37.3 Å². The zero-order chi connectivity index (χ0) is 77.4. The van der Waals surface area contributed by atoms with Crippen LogP contribution >= 0.6 is 15.6 Å². The Morgan fingerprint density at radius 1 is 0.274 bits per heavy atom. The molecule has 3 N–H and O–H groups in total. The number of phosphoric acid groups is 2. The monoisotopic (exact) mass is 1530 g/mol. The van der Waals surface area contributed by atoms with Crippen LogP contribution in [-0.4, -0.2) is 96.7 Å². The smallest absolute Gasteiger partial charge is 0.462 e. The van der Waals surface area contributed by atoms with Crippen molar-refractivity contribution in [2.75, 3.05) is 39.6 Å². The molecule has 0 spiro atoms. The van der Waals surface area contributed by atoms with Gasteiger partial charge >= 0.3 is 39.5 Å². The van der Waals surface area contributed by atoms with E-state index >= 15 is 0 Å². The largest absolute Gasteiger partial charge is 0.472 e. The summed E-state index contributed by atoms with van der Waals surface area (Å²) in [5.41, 5.74) is 0. The number of aliphatic hydroxyl groups excluding tert-OH is 1. The Morgan fingerprint density at radius 2 is 0.491 bits per heavy atom. The molecule has 0 aliphatic heterocycles. The molecule has 0 aliphatic carbocycles. The van der Waals surface area contributed by atoms with E-state index in [4.69, 9.17) is 37.0 Å². The standard InChI is InChI=1S/C87H150O17P2/c1-5-9-13-17-21-25-29-33-36-38-40-42-45-48-51-55-59-63-67-71-84(89)97-77-82(103-86(91)73-69-65-61-57-53-47-32-28-24-20-16-12-8-4)79-101-105(93,94)99-75-81(88)76-100-106(95,96)102-80-83(104-87(92)74-70-66-62-58-54-50-44-35-31-27-23-19-15-11-7-3)78-98-85(90)72-68-64-60-56-52-49-46-43-41-39-37-34-30-26-22-18-14-10-6-2/h9,13,21-23,25-28,32-37,40-44,81-83,88H,5-8,10-12,14-20,24,29-31,38-39,45-80H2,1-4H3,(H,93,94)(H,95,96)/b13-9-,25-21-,26-22-,27-23-,32-28-,36-33-,37-34-,42-40-,43-41-,44-35-. The van der Waals surface area contributed by atoms with E-state index in [1.54, 1.807) is 0 Å². The Kier molecular flexibility index (Phi) is 75.2. The van der Waals surface area contributed by atoms with Gasteiger partial charge in [0.25, 0.3) is 0 Å². The lowest BCUT2D eigenvalue weighted by Crippen LogP contribution is -2.30. The average molecular weight is 1530 g/mol. The molecular weight excluding hydrogens is 1380 g/mol. The molecule has 0 amide bonds. The normalized spacial score (nSPS) is 14.4. The lowest BCUT2D eigenvalue weighted by molar-refractivity contribution is -0.161. The van der Waals surface area contributed by atoms with Gasteiger partial charge in [0.1, 0.15) is 19.3 Å². The Labute approximate surface area is 644 Å². The van der Waals surface area contributed by atoms with Gasteiger partial charge < -0.3 is 33.8 Å². The zero-order valence-corrected chi connectivity index (χ0v) is 68.6. The van der Waals surface area contributed by atoms with E-state index in [0.29, 0.717) is 25.7 Å². The maximum atomic E-state index is 13.1. The average Bonchev–Trinajstić information content (AvgIpc) is 0.901. The van der Waals surface area contributed by atoms with Gasteiger partial charge in [-0.05, 0) is 161 Å². The first-order valence-corrected chi connectivity index (χ1v) is 44.8. The Hall–Kier alpha value is -4.54. The number of carbonyl (C=O) groups excluding carboxylic acids is 4. The van der Waals surface area contributed by atoms with E-state index in [1.165, 1.54) is 64.2 Å². The van der Waals surface area contributed by atoms with Crippen LogP contribution < -0.4 is 0 Å². The van der Waals surface area contributed by atoms with E-state index in [0.717, 1.165) is 205 Å². The van der Waals surface area contributed by atoms with Crippen LogP contribution in [0.5, 0.6) is 0 Å². The second kappa shape index (κ2) is 78.6. The second-order valence-electron chi connectivity index (χ2n) is 27.7. The van der Waals surface area contributed by atoms with Crippen LogP contribution in [0.2, 0.25) is 0 Å². The fourth-order valence-corrected chi connectivity index (χ4v) is 12.6. The summed E-state index contributed by atoms with van der Waals surface area (Å²) < 4.78 is 68.7. The molecule has 0 aliphatic rings. The summed E-state index contributed by atoms with van der Waals surface area (Å²) in [5, 5.41) is 10.7. The highest BCUT2D eigenvalue weighted by atomic mass is 31.2. The third kappa shape index (κ3) is 77.6. The van der Waals surface area contributed by atoms with Crippen LogP contribution in [0.3, 0.4) is 0 Å². The van der Waals surface area contributed by atoms with Crippen LogP contribution in [0.1, 0.15) is 349 Å². The predicted octanol–water partition coefficient (Wildman–Crippen LogP) is 24.7. The number of hydrogen-bond acceptors (Lipinski definition) is 15. The van der Waals surface area contributed by atoms with Crippen LogP contribution in [0.25, 0.3) is 0 Å². The molecule has 0 bridgehead atoms. The molecule has 0 rings (SSSR count). The zero-order valence-electron chi connectivity index (χ0n) is 66.8. The molecule has 0 radical (unpaired) electrons. The minimum atomic E-state index is -4.99. The molecule has 5 unspecified atom stereocenters. The van der Waals surface area contributed by atoms with Crippen LogP contribution in [0.15, 0.2) is 122 Å². The molecule has 0 aromatic rings. The van der Waals surface area contributed by atoms with E-state index in [-0.39, 0.29) is 25.7 Å². The SMILES string of the molecule is CC/C=C\C/C=C\C/C=C\C/C=C\CCCCCCCCC(=O)OCC(COP(=O)(O)OCC(O)COP(=O)(O)OCC(COC(=O)CCCCCCCC/C=C\C/C=C\C/C=C\CCCCC)OC(=O)CCCCCCC/C=C\C/C=C\CCCCC)OC(=O)CCCCCCC/C=C\CCCCCC. The van der Waals surface area contributed by atoms with Crippen LogP contribution in [0.4, 0.5) is 0 Å². The van der Waals surface area contributed by atoms with Crippen molar-refractivity contribution in [3.05, 3.63) is 122 Å². The van der Waals surface area contributed by atoms with Crippen molar-refractivity contribution in [3.8, 4) is 0 Å². The fourth-order valence-electron chi connectivity index (χ4n) is 11.0. The van der Waals surface area contributed by atoms with Gasteiger partial charge in [0.15, 0.2) is 12.2 Å².